The van der Waals surface area contributed by atoms with Gasteiger partial charge in [0, 0.05) is 32.7 Å². The Morgan fingerprint density at radius 3 is 2.61 bits per heavy atom. The van der Waals surface area contributed by atoms with Gasteiger partial charge in [0.05, 0.1) is 6.61 Å². The van der Waals surface area contributed by atoms with E-state index in [2.05, 4.69) is 34.5 Å². The predicted molar refractivity (Wildman–Crippen MR) is 76.0 cm³/mol. The summed E-state index contributed by atoms with van der Waals surface area (Å²) >= 11 is 0. The molecule has 3 nitrogen and oxygen atoms in total. The third-order valence-corrected chi connectivity index (χ3v) is 3.07. The maximum atomic E-state index is 5.42. The lowest BCUT2D eigenvalue weighted by atomic mass is 10.2. The van der Waals surface area contributed by atoms with Crippen molar-refractivity contribution >= 4 is 6.08 Å². The molecule has 18 heavy (non-hydrogen) atoms. The Balaban J connectivity index is 1.80. The molecule has 0 spiro atoms. The second kappa shape index (κ2) is 7.19. The van der Waals surface area contributed by atoms with E-state index in [1.165, 1.54) is 5.56 Å². The molecule has 1 aliphatic heterocycles. The van der Waals surface area contributed by atoms with E-state index in [9.17, 15) is 0 Å². The Hall–Kier alpha value is -1.32. The normalized spacial score (nSPS) is 17.2. The number of benzene rings is 1. The molecule has 0 atom stereocenters. The predicted octanol–water partition coefficient (Wildman–Crippen LogP) is 2.00. The molecule has 2 rings (SSSR count). The molecule has 0 unspecified atom stereocenters. The first-order chi connectivity index (χ1) is 8.88. The van der Waals surface area contributed by atoms with Crippen molar-refractivity contribution in [3.8, 4) is 5.75 Å². The first-order valence-electron chi connectivity index (χ1n) is 6.71. The van der Waals surface area contributed by atoms with Crippen molar-refractivity contribution in [2.75, 3.05) is 39.3 Å². The monoisotopic (exact) mass is 246 g/mol. The molecule has 3 heteroatoms. The van der Waals surface area contributed by atoms with Crippen LogP contribution in [-0.2, 0) is 0 Å². The second-order valence-corrected chi connectivity index (χ2v) is 4.46. The zero-order chi connectivity index (χ0) is 12.6. The number of nitrogens with one attached hydrogen (secondary N) is 1. The first kappa shape index (κ1) is 13.1. The summed E-state index contributed by atoms with van der Waals surface area (Å²) in [6, 6.07) is 8.24. The van der Waals surface area contributed by atoms with E-state index in [-0.39, 0.29) is 0 Å². The Morgan fingerprint density at radius 1 is 1.22 bits per heavy atom. The van der Waals surface area contributed by atoms with Crippen LogP contribution in [0.2, 0.25) is 0 Å². The van der Waals surface area contributed by atoms with Crippen LogP contribution in [0.1, 0.15) is 12.5 Å². The standard InChI is InChI=1S/C15H22N2O/c1-2-18-15-7-5-14(6-8-15)4-3-11-17-12-9-16-10-13-17/h3-8,16H,2,9-13H2,1H3/b4-3+. The highest BCUT2D eigenvalue weighted by Gasteiger charge is 2.06. The van der Waals surface area contributed by atoms with Gasteiger partial charge in [-0.15, -0.1) is 0 Å². The largest absolute Gasteiger partial charge is 0.494 e. The van der Waals surface area contributed by atoms with Gasteiger partial charge in [0.25, 0.3) is 0 Å². The molecular formula is C15H22N2O. The van der Waals surface area contributed by atoms with E-state index in [1.807, 2.05) is 19.1 Å². The zero-order valence-electron chi connectivity index (χ0n) is 11.1. The molecule has 0 bridgehead atoms. The fourth-order valence-corrected chi connectivity index (χ4v) is 2.07. The molecule has 1 aromatic carbocycles. The van der Waals surface area contributed by atoms with Gasteiger partial charge in [-0.3, -0.25) is 4.90 Å². The van der Waals surface area contributed by atoms with E-state index < -0.39 is 0 Å². The average Bonchev–Trinajstić information content (AvgIpc) is 2.42. The topological polar surface area (TPSA) is 24.5 Å². The van der Waals surface area contributed by atoms with Crippen LogP contribution in [0.25, 0.3) is 6.08 Å². The van der Waals surface area contributed by atoms with Crippen LogP contribution in [0.3, 0.4) is 0 Å². The van der Waals surface area contributed by atoms with Crippen molar-refractivity contribution in [3.05, 3.63) is 35.9 Å². The van der Waals surface area contributed by atoms with E-state index >= 15 is 0 Å². The summed E-state index contributed by atoms with van der Waals surface area (Å²) in [6.07, 6.45) is 4.42. The maximum Gasteiger partial charge on any atom is 0.119 e. The van der Waals surface area contributed by atoms with Gasteiger partial charge >= 0.3 is 0 Å². The lowest BCUT2D eigenvalue weighted by Gasteiger charge is -2.25. The highest BCUT2D eigenvalue weighted by atomic mass is 16.5. The molecule has 1 aromatic rings. The van der Waals surface area contributed by atoms with Gasteiger partial charge in [-0.1, -0.05) is 24.3 Å². The van der Waals surface area contributed by atoms with Crippen LogP contribution in [0.15, 0.2) is 30.3 Å². The number of piperazine rings is 1. The van der Waals surface area contributed by atoms with Crippen LogP contribution in [-0.4, -0.2) is 44.2 Å². The van der Waals surface area contributed by atoms with E-state index in [0.29, 0.717) is 0 Å². The summed E-state index contributed by atoms with van der Waals surface area (Å²) in [5, 5.41) is 3.36. The van der Waals surface area contributed by atoms with Crippen LogP contribution in [0.4, 0.5) is 0 Å². The molecule has 1 saturated heterocycles. The van der Waals surface area contributed by atoms with Crippen LogP contribution >= 0.6 is 0 Å². The molecule has 1 heterocycles. The number of nitrogens with zero attached hydrogens (tertiary/aromatic N) is 1. The highest BCUT2D eigenvalue weighted by molar-refractivity contribution is 5.50. The zero-order valence-corrected chi connectivity index (χ0v) is 11.1. The van der Waals surface area contributed by atoms with Crippen molar-refractivity contribution in [1.29, 1.82) is 0 Å². The molecule has 98 valence electrons. The molecule has 1 aliphatic rings. The van der Waals surface area contributed by atoms with Crippen molar-refractivity contribution in [2.24, 2.45) is 0 Å². The van der Waals surface area contributed by atoms with Gasteiger partial charge in [-0.2, -0.15) is 0 Å². The van der Waals surface area contributed by atoms with Gasteiger partial charge in [-0.25, -0.2) is 0 Å². The Morgan fingerprint density at radius 2 is 1.94 bits per heavy atom. The minimum absolute atomic E-state index is 0.720. The molecule has 1 fully saturated rings. The fraction of sp³-hybridized carbons (Fsp3) is 0.467. The number of hydrogen-bond donors (Lipinski definition) is 1. The first-order valence-corrected chi connectivity index (χ1v) is 6.71. The van der Waals surface area contributed by atoms with E-state index in [1.54, 1.807) is 0 Å². The van der Waals surface area contributed by atoms with E-state index in [0.717, 1.165) is 45.1 Å². The van der Waals surface area contributed by atoms with Crippen molar-refractivity contribution in [1.82, 2.24) is 10.2 Å². The van der Waals surface area contributed by atoms with Gasteiger partial charge in [-0.05, 0) is 24.6 Å². The highest BCUT2D eigenvalue weighted by Crippen LogP contribution is 2.13. The summed E-state index contributed by atoms with van der Waals surface area (Å²) in [5.74, 6) is 0.941. The Kier molecular flexibility index (Phi) is 5.24. The van der Waals surface area contributed by atoms with Gasteiger partial charge < -0.3 is 10.1 Å². The lowest BCUT2D eigenvalue weighted by molar-refractivity contribution is 0.265. The summed E-state index contributed by atoms with van der Waals surface area (Å²) in [6.45, 7) is 8.27. The third-order valence-electron chi connectivity index (χ3n) is 3.07. The minimum Gasteiger partial charge on any atom is -0.494 e. The molecule has 0 amide bonds. The fourth-order valence-electron chi connectivity index (χ4n) is 2.07. The Bertz CT molecular complexity index is 367. The van der Waals surface area contributed by atoms with Gasteiger partial charge in [0.1, 0.15) is 5.75 Å². The summed E-state index contributed by atoms with van der Waals surface area (Å²) in [7, 11) is 0. The van der Waals surface area contributed by atoms with E-state index in [4.69, 9.17) is 4.74 Å². The number of hydrogen-bond acceptors (Lipinski definition) is 3. The molecular weight excluding hydrogens is 224 g/mol. The quantitative estimate of drug-likeness (QED) is 0.860. The maximum absolute atomic E-state index is 5.42. The molecule has 1 N–H and O–H groups in total. The molecule has 0 saturated carbocycles. The van der Waals surface area contributed by atoms with Gasteiger partial charge in [0.15, 0.2) is 0 Å². The Labute approximate surface area is 109 Å². The van der Waals surface area contributed by atoms with Crippen molar-refractivity contribution in [3.63, 3.8) is 0 Å². The summed E-state index contributed by atoms with van der Waals surface area (Å²) < 4.78 is 5.42. The molecule has 0 radical (unpaired) electrons. The lowest BCUT2D eigenvalue weighted by Crippen LogP contribution is -2.43. The SMILES string of the molecule is CCOc1ccc(/C=C/CN2CCNCC2)cc1. The van der Waals surface area contributed by atoms with Gasteiger partial charge in [0.2, 0.25) is 0 Å². The van der Waals surface area contributed by atoms with Crippen LogP contribution in [0.5, 0.6) is 5.75 Å². The van der Waals surface area contributed by atoms with Crippen LogP contribution < -0.4 is 10.1 Å². The smallest absolute Gasteiger partial charge is 0.119 e. The minimum atomic E-state index is 0.720. The number of ether oxygens (including phenoxy) is 1. The van der Waals surface area contributed by atoms with Crippen molar-refractivity contribution < 1.29 is 4.74 Å². The number of rotatable bonds is 5. The third kappa shape index (κ3) is 4.17. The second-order valence-electron chi connectivity index (χ2n) is 4.46. The van der Waals surface area contributed by atoms with Crippen LogP contribution in [0, 0.1) is 0 Å². The molecule has 0 aliphatic carbocycles. The summed E-state index contributed by atoms with van der Waals surface area (Å²) in [5.41, 5.74) is 1.23. The molecule has 0 aromatic heterocycles. The summed E-state index contributed by atoms with van der Waals surface area (Å²) in [4.78, 5) is 2.46. The average molecular weight is 246 g/mol. The van der Waals surface area contributed by atoms with Crippen molar-refractivity contribution in [2.45, 2.75) is 6.92 Å².